The molecule has 0 spiro atoms. The SMILES string of the molecule is CN(C(=O)c1cc(F)c(Cl)cc1Cl)C1CCNCC1. The first kappa shape index (κ1) is 14.6. The van der Waals surface area contributed by atoms with E-state index in [4.69, 9.17) is 23.2 Å². The number of amides is 1. The van der Waals surface area contributed by atoms with Crippen LogP contribution in [-0.2, 0) is 0 Å². The molecule has 104 valence electrons. The van der Waals surface area contributed by atoms with Gasteiger partial charge in [-0.2, -0.15) is 0 Å². The predicted octanol–water partition coefficient (Wildman–Crippen LogP) is 2.96. The molecule has 1 heterocycles. The third-order valence-electron chi connectivity index (χ3n) is 3.42. The molecule has 1 aromatic carbocycles. The van der Waals surface area contributed by atoms with Crippen LogP contribution in [0.25, 0.3) is 0 Å². The maximum atomic E-state index is 13.5. The molecule has 3 nitrogen and oxygen atoms in total. The van der Waals surface area contributed by atoms with E-state index in [-0.39, 0.29) is 27.6 Å². The number of piperidine rings is 1. The fourth-order valence-electron chi connectivity index (χ4n) is 2.24. The van der Waals surface area contributed by atoms with E-state index >= 15 is 0 Å². The van der Waals surface area contributed by atoms with Crippen molar-refractivity contribution >= 4 is 29.1 Å². The van der Waals surface area contributed by atoms with Crippen LogP contribution in [0.1, 0.15) is 23.2 Å². The Hall–Kier alpha value is -0.840. The summed E-state index contributed by atoms with van der Waals surface area (Å²) in [6, 6.07) is 2.52. The Bertz CT molecular complexity index is 490. The zero-order valence-electron chi connectivity index (χ0n) is 10.5. The van der Waals surface area contributed by atoms with Crippen LogP contribution in [0.4, 0.5) is 4.39 Å². The zero-order valence-corrected chi connectivity index (χ0v) is 12.1. The second-order valence-corrected chi connectivity index (χ2v) is 5.46. The molecule has 1 saturated heterocycles. The number of rotatable bonds is 2. The lowest BCUT2D eigenvalue weighted by atomic mass is 10.0. The number of hydrogen-bond acceptors (Lipinski definition) is 2. The second kappa shape index (κ2) is 6.07. The van der Waals surface area contributed by atoms with E-state index in [0.717, 1.165) is 32.0 Å². The number of halogens is 3. The van der Waals surface area contributed by atoms with Gasteiger partial charge < -0.3 is 10.2 Å². The molecule has 0 saturated carbocycles. The Kier molecular flexibility index (Phi) is 4.66. The molecule has 0 aliphatic carbocycles. The minimum Gasteiger partial charge on any atom is -0.339 e. The third-order valence-corrected chi connectivity index (χ3v) is 4.02. The van der Waals surface area contributed by atoms with E-state index in [0.29, 0.717) is 0 Å². The molecule has 19 heavy (non-hydrogen) atoms. The van der Waals surface area contributed by atoms with Crippen molar-refractivity contribution in [3.63, 3.8) is 0 Å². The van der Waals surface area contributed by atoms with Gasteiger partial charge >= 0.3 is 0 Å². The molecular weight excluding hydrogens is 290 g/mol. The van der Waals surface area contributed by atoms with Gasteiger partial charge in [0.15, 0.2) is 0 Å². The van der Waals surface area contributed by atoms with Gasteiger partial charge in [0.1, 0.15) is 5.82 Å². The summed E-state index contributed by atoms with van der Waals surface area (Å²) in [4.78, 5) is 14.0. The second-order valence-electron chi connectivity index (χ2n) is 4.64. The van der Waals surface area contributed by atoms with Crippen LogP contribution in [0.5, 0.6) is 0 Å². The summed E-state index contributed by atoms with van der Waals surface area (Å²) in [6.07, 6.45) is 1.77. The summed E-state index contributed by atoms with van der Waals surface area (Å²) < 4.78 is 13.5. The molecule has 1 amide bonds. The van der Waals surface area contributed by atoms with Gasteiger partial charge in [-0.1, -0.05) is 23.2 Å². The van der Waals surface area contributed by atoms with Gasteiger partial charge in [0.2, 0.25) is 0 Å². The van der Waals surface area contributed by atoms with Crippen LogP contribution in [0.15, 0.2) is 12.1 Å². The number of hydrogen-bond donors (Lipinski definition) is 1. The Balaban J connectivity index is 2.21. The number of carbonyl (C=O) groups excluding carboxylic acids is 1. The summed E-state index contributed by atoms with van der Waals surface area (Å²) >= 11 is 11.6. The maximum Gasteiger partial charge on any atom is 0.255 e. The molecule has 2 rings (SSSR count). The Morgan fingerprint density at radius 1 is 1.32 bits per heavy atom. The molecule has 6 heteroatoms. The highest BCUT2D eigenvalue weighted by Gasteiger charge is 2.25. The molecular formula is C13H15Cl2FN2O. The molecule has 0 unspecified atom stereocenters. The van der Waals surface area contributed by atoms with Crippen LogP contribution in [0.2, 0.25) is 10.0 Å². The molecule has 1 aliphatic rings. The smallest absolute Gasteiger partial charge is 0.255 e. The molecule has 0 aromatic heterocycles. The minimum absolute atomic E-state index is 0.0777. The molecule has 0 radical (unpaired) electrons. The number of benzene rings is 1. The summed E-state index contributed by atoms with van der Waals surface area (Å²) in [5.74, 6) is -0.902. The molecule has 1 fully saturated rings. The Morgan fingerprint density at radius 2 is 1.95 bits per heavy atom. The van der Waals surface area contributed by atoms with Crippen LogP contribution in [0.3, 0.4) is 0 Å². The maximum absolute atomic E-state index is 13.5. The van der Waals surface area contributed by atoms with Crippen molar-refractivity contribution in [2.75, 3.05) is 20.1 Å². The summed E-state index contributed by atoms with van der Waals surface area (Å²) in [6.45, 7) is 1.76. The highest BCUT2D eigenvalue weighted by atomic mass is 35.5. The van der Waals surface area contributed by atoms with Gasteiger partial charge in [0.25, 0.3) is 5.91 Å². The highest BCUT2D eigenvalue weighted by Crippen LogP contribution is 2.26. The third kappa shape index (κ3) is 3.19. The van der Waals surface area contributed by atoms with Crippen LogP contribution in [0, 0.1) is 5.82 Å². The summed E-state index contributed by atoms with van der Waals surface area (Å²) in [5.41, 5.74) is 0.157. The largest absolute Gasteiger partial charge is 0.339 e. The van der Waals surface area contributed by atoms with Gasteiger partial charge in [0, 0.05) is 13.1 Å². The van der Waals surface area contributed by atoms with Gasteiger partial charge in [-0.15, -0.1) is 0 Å². The first-order valence-electron chi connectivity index (χ1n) is 6.13. The number of carbonyl (C=O) groups is 1. The van der Waals surface area contributed by atoms with E-state index in [9.17, 15) is 9.18 Å². The molecule has 0 bridgehead atoms. The lowest BCUT2D eigenvalue weighted by Gasteiger charge is -2.31. The zero-order chi connectivity index (χ0) is 14.0. The number of nitrogens with one attached hydrogen (secondary N) is 1. The van der Waals surface area contributed by atoms with Gasteiger partial charge in [-0.3, -0.25) is 4.79 Å². The van der Waals surface area contributed by atoms with E-state index in [1.807, 2.05) is 0 Å². The number of nitrogens with zero attached hydrogens (tertiary/aromatic N) is 1. The Labute approximate surface area is 121 Å². The van der Waals surface area contributed by atoms with Crippen LogP contribution >= 0.6 is 23.2 Å². The van der Waals surface area contributed by atoms with E-state index in [1.165, 1.54) is 6.07 Å². The fourth-order valence-corrected chi connectivity index (χ4v) is 2.70. The predicted molar refractivity (Wildman–Crippen MR) is 74.4 cm³/mol. The van der Waals surface area contributed by atoms with Crippen molar-refractivity contribution < 1.29 is 9.18 Å². The van der Waals surface area contributed by atoms with E-state index in [1.54, 1.807) is 11.9 Å². The van der Waals surface area contributed by atoms with Crippen molar-refractivity contribution in [2.24, 2.45) is 0 Å². The van der Waals surface area contributed by atoms with Gasteiger partial charge in [-0.25, -0.2) is 4.39 Å². The van der Waals surface area contributed by atoms with Crippen molar-refractivity contribution in [1.82, 2.24) is 10.2 Å². The highest BCUT2D eigenvalue weighted by molar-refractivity contribution is 6.36. The summed E-state index contributed by atoms with van der Waals surface area (Å²) in [5, 5.41) is 3.34. The van der Waals surface area contributed by atoms with E-state index < -0.39 is 5.82 Å². The van der Waals surface area contributed by atoms with Gasteiger partial charge in [0.05, 0.1) is 15.6 Å². The van der Waals surface area contributed by atoms with E-state index in [2.05, 4.69) is 5.32 Å². The molecule has 1 N–H and O–H groups in total. The molecule has 1 aliphatic heterocycles. The molecule has 0 atom stereocenters. The van der Waals surface area contributed by atoms with Gasteiger partial charge in [-0.05, 0) is 38.1 Å². The van der Waals surface area contributed by atoms with Crippen molar-refractivity contribution in [2.45, 2.75) is 18.9 Å². The first-order valence-corrected chi connectivity index (χ1v) is 6.88. The normalized spacial score (nSPS) is 16.4. The van der Waals surface area contributed by atoms with Crippen LogP contribution in [-0.4, -0.2) is 37.0 Å². The van der Waals surface area contributed by atoms with Crippen molar-refractivity contribution in [3.8, 4) is 0 Å². The first-order chi connectivity index (χ1) is 9.00. The monoisotopic (exact) mass is 304 g/mol. The summed E-state index contributed by atoms with van der Waals surface area (Å²) in [7, 11) is 1.72. The minimum atomic E-state index is -0.631. The topological polar surface area (TPSA) is 32.3 Å². The van der Waals surface area contributed by atoms with Crippen LogP contribution < -0.4 is 5.32 Å². The average molecular weight is 305 g/mol. The lowest BCUT2D eigenvalue weighted by molar-refractivity contribution is 0.0703. The average Bonchev–Trinajstić information content (AvgIpc) is 2.42. The van der Waals surface area contributed by atoms with Crippen molar-refractivity contribution in [3.05, 3.63) is 33.6 Å². The quantitative estimate of drug-likeness (QED) is 0.852. The lowest BCUT2D eigenvalue weighted by Crippen LogP contribution is -2.44. The van der Waals surface area contributed by atoms with Crippen molar-refractivity contribution in [1.29, 1.82) is 0 Å². The standard InChI is InChI=1S/C13H15Cl2FN2O/c1-18(8-2-4-17-5-3-8)13(19)9-6-12(16)11(15)7-10(9)14/h6-8,17H,2-5H2,1H3. The Morgan fingerprint density at radius 3 is 2.58 bits per heavy atom. The molecule has 1 aromatic rings. The fraction of sp³-hybridized carbons (Fsp3) is 0.462.